The first-order valence-electron chi connectivity index (χ1n) is 10.6. The third-order valence-corrected chi connectivity index (χ3v) is 8.38. The molecular weight excluding hydrogens is 440 g/mol. The average Bonchev–Trinajstić information content (AvgIpc) is 3.34. The maximum Gasteiger partial charge on any atom is 0.315 e. The molecule has 2 N–H and O–H groups in total. The van der Waals surface area contributed by atoms with Gasteiger partial charge in [-0.3, -0.25) is 4.79 Å². The number of carbonyl (C=O) groups excluding carboxylic acids is 2. The lowest BCUT2D eigenvalue weighted by Crippen LogP contribution is -2.51. The van der Waals surface area contributed by atoms with Gasteiger partial charge in [0, 0.05) is 25.2 Å². The largest absolute Gasteiger partial charge is 0.338 e. The van der Waals surface area contributed by atoms with Gasteiger partial charge >= 0.3 is 6.03 Å². The van der Waals surface area contributed by atoms with Gasteiger partial charge in [0.05, 0.1) is 14.9 Å². The van der Waals surface area contributed by atoms with Crippen LogP contribution in [0.1, 0.15) is 60.3 Å². The molecule has 2 aromatic rings. The Balaban J connectivity index is 1.29. The number of piperidine rings is 1. The standard InChI is InChI=1S/C21H27ClN4O2S2/c1-13-18(30-19(23-13)16-7-8-17(22)29-16)20(27)26-11-9-15(10-12-26)25-21(28)24-14-5-3-2-4-6-14/h7-8,14-15H,2-6,9-12H2,1H3,(H2,24,25,28). The van der Waals surface area contributed by atoms with Gasteiger partial charge in [0.2, 0.25) is 0 Å². The zero-order valence-electron chi connectivity index (χ0n) is 17.1. The molecule has 1 aliphatic heterocycles. The summed E-state index contributed by atoms with van der Waals surface area (Å²) < 4.78 is 0.716. The molecule has 0 aromatic carbocycles. The first-order valence-corrected chi connectivity index (χ1v) is 12.6. The molecule has 1 aliphatic carbocycles. The summed E-state index contributed by atoms with van der Waals surface area (Å²) in [5, 5.41) is 7.04. The van der Waals surface area contributed by atoms with Crippen LogP contribution in [0.25, 0.3) is 9.88 Å². The minimum atomic E-state index is -0.0655. The number of thiazole rings is 1. The quantitative estimate of drug-likeness (QED) is 0.660. The molecule has 4 rings (SSSR count). The van der Waals surface area contributed by atoms with Gasteiger partial charge < -0.3 is 15.5 Å². The first-order chi connectivity index (χ1) is 14.5. The number of aromatic nitrogens is 1. The molecule has 0 radical (unpaired) electrons. The fourth-order valence-corrected chi connectivity index (χ4v) is 6.29. The van der Waals surface area contributed by atoms with E-state index in [4.69, 9.17) is 11.6 Å². The van der Waals surface area contributed by atoms with E-state index in [1.54, 1.807) is 0 Å². The highest BCUT2D eigenvalue weighted by molar-refractivity contribution is 7.24. The number of thiophene rings is 1. The normalized spacial score (nSPS) is 18.4. The Labute approximate surface area is 190 Å². The number of amides is 3. The number of carbonyl (C=O) groups is 2. The average molecular weight is 467 g/mol. The SMILES string of the molecule is Cc1nc(-c2ccc(Cl)s2)sc1C(=O)N1CCC(NC(=O)NC2CCCCC2)CC1. The van der Waals surface area contributed by atoms with Crippen LogP contribution in [-0.2, 0) is 0 Å². The number of aryl methyl sites for hydroxylation is 1. The molecule has 1 saturated heterocycles. The predicted octanol–water partition coefficient (Wildman–Crippen LogP) is 5.07. The van der Waals surface area contributed by atoms with Crippen LogP contribution >= 0.6 is 34.3 Å². The Kier molecular flexibility index (Phi) is 6.95. The summed E-state index contributed by atoms with van der Waals surface area (Å²) in [6.45, 7) is 3.17. The van der Waals surface area contributed by atoms with Gasteiger partial charge in [-0.05, 0) is 44.7 Å². The van der Waals surface area contributed by atoms with Gasteiger partial charge in [-0.15, -0.1) is 22.7 Å². The molecule has 0 bridgehead atoms. The Bertz CT molecular complexity index is 899. The number of hydrogen-bond donors (Lipinski definition) is 2. The highest BCUT2D eigenvalue weighted by Gasteiger charge is 2.28. The van der Waals surface area contributed by atoms with Crippen molar-refractivity contribution in [2.45, 2.75) is 64.0 Å². The van der Waals surface area contributed by atoms with Crippen LogP contribution in [0.5, 0.6) is 0 Å². The Hall–Kier alpha value is -1.64. The van der Waals surface area contributed by atoms with Gasteiger partial charge in [0.15, 0.2) is 0 Å². The fraction of sp³-hybridized carbons (Fsp3) is 0.571. The fourth-order valence-electron chi connectivity index (χ4n) is 4.16. The molecule has 3 heterocycles. The van der Waals surface area contributed by atoms with E-state index in [0.29, 0.717) is 28.3 Å². The third kappa shape index (κ3) is 5.15. The molecule has 0 spiro atoms. The number of rotatable bonds is 4. The number of likely N-dealkylation sites (tertiary alicyclic amines) is 1. The molecule has 6 nitrogen and oxygen atoms in total. The van der Waals surface area contributed by atoms with Crippen LogP contribution in [-0.4, -0.2) is 47.0 Å². The van der Waals surface area contributed by atoms with E-state index in [1.165, 1.54) is 41.9 Å². The van der Waals surface area contributed by atoms with Gasteiger partial charge in [0.25, 0.3) is 5.91 Å². The Morgan fingerprint density at radius 2 is 1.70 bits per heavy atom. The first kappa shape index (κ1) is 21.6. The second-order valence-corrected chi connectivity index (χ2v) is 10.8. The van der Waals surface area contributed by atoms with Crippen molar-refractivity contribution in [1.82, 2.24) is 20.5 Å². The zero-order valence-corrected chi connectivity index (χ0v) is 19.5. The van der Waals surface area contributed by atoms with Crippen LogP contribution in [0.2, 0.25) is 4.34 Å². The lowest BCUT2D eigenvalue weighted by molar-refractivity contribution is 0.0712. The third-order valence-electron chi connectivity index (χ3n) is 5.83. The molecule has 2 aromatic heterocycles. The second kappa shape index (κ2) is 9.66. The van der Waals surface area contributed by atoms with E-state index in [0.717, 1.165) is 41.3 Å². The lowest BCUT2D eigenvalue weighted by atomic mass is 9.96. The van der Waals surface area contributed by atoms with Crippen LogP contribution in [0.15, 0.2) is 12.1 Å². The summed E-state index contributed by atoms with van der Waals surface area (Å²) >= 11 is 8.93. The topological polar surface area (TPSA) is 74.3 Å². The maximum atomic E-state index is 13.0. The van der Waals surface area contributed by atoms with E-state index in [2.05, 4.69) is 15.6 Å². The molecule has 3 amide bonds. The molecule has 9 heteroatoms. The minimum absolute atomic E-state index is 0.0315. The van der Waals surface area contributed by atoms with Crippen molar-refractivity contribution in [2.24, 2.45) is 0 Å². The molecule has 0 unspecified atom stereocenters. The predicted molar refractivity (Wildman–Crippen MR) is 123 cm³/mol. The van der Waals surface area contributed by atoms with Crippen molar-refractivity contribution in [3.05, 3.63) is 27.0 Å². The van der Waals surface area contributed by atoms with Crippen molar-refractivity contribution in [1.29, 1.82) is 0 Å². The summed E-state index contributed by atoms with van der Waals surface area (Å²) in [5.74, 6) is 0.0315. The van der Waals surface area contributed by atoms with E-state index in [9.17, 15) is 9.59 Å². The summed E-state index contributed by atoms with van der Waals surface area (Å²) in [6, 6.07) is 4.15. The Morgan fingerprint density at radius 3 is 2.33 bits per heavy atom. The van der Waals surface area contributed by atoms with Crippen molar-refractivity contribution >= 4 is 46.2 Å². The molecular formula is C21H27ClN4O2S2. The zero-order chi connectivity index (χ0) is 21.1. The van der Waals surface area contributed by atoms with Crippen LogP contribution in [0.3, 0.4) is 0 Å². The highest BCUT2D eigenvalue weighted by Crippen LogP contribution is 2.35. The maximum absolute atomic E-state index is 13.0. The van der Waals surface area contributed by atoms with Crippen molar-refractivity contribution in [2.75, 3.05) is 13.1 Å². The smallest absolute Gasteiger partial charge is 0.315 e. The number of hydrogen-bond acceptors (Lipinski definition) is 5. The van der Waals surface area contributed by atoms with Gasteiger partial charge in [-0.25, -0.2) is 9.78 Å². The molecule has 1 saturated carbocycles. The lowest BCUT2D eigenvalue weighted by Gasteiger charge is -2.33. The molecule has 0 atom stereocenters. The molecule has 2 fully saturated rings. The van der Waals surface area contributed by atoms with Gasteiger partial charge in [-0.2, -0.15) is 0 Å². The minimum Gasteiger partial charge on any atom is -0.338 e. The summed E-state index contributed by atoms with van der Waals surface area (Å²) in [4.78, 5) is 33.4. The van der Waals surface area contributed by atoms with E-state index < -0.39 is 0 Å². The van der Waals surface area contributed by atoms with Gasteiger partial charge in [-0.1, -0.05) is 30.9 Å². The summed E-state index contributed by atoms with van der Waals surface area (Å²) in [6.07, 6.45) is 7.37. The highest BCUT2D eigenvalue weighted by atomic mass is 35.5. The van der Waals surface area contributed by atoms with Crippen LogP contribution in [0.4, 0.5) is 4.79 Å². The van der Waals surface area contributed by atoms with E-state index >= 15 is 0 Å². The molecule has 30 heavy (non-hydrogen) atoms. The number of urea groups is 1. The van der Waals surface area contributed by atoms with E-state index in [1.807, 2.05) is 24.0 Å². The van der Waals surface area contributed by atoms with Crippen LogP contribution < -0.4 is 10.6 Å². The number of nitrogens with zero attached hydrogens (tertiary/aromatic N) is 2. The second-order valence-electron chi connectivity index (χ2n) is 8.06. The monoisotopic (exact) mass is 466 g/mol. The Morgan fingerprint density at radius 1 is 1.03 bits per heavy atom. The van der Waals surface area contributed by atoms with Crippen molar-refractivity contribution in [3.63, 3.8) is 0 Å². The van der Waals surface area contributed by atoms with Gasteiger partial charge in [0.1, 0.15) is 9.88 Å². The number of halogens is 1. The van der Waals surface area contributed by atoms with E-state index in [-0.39, 0.29) is 18.0 Å². The molecule has 162 valence electrons. The summed E-state index contributed by atoms with van der Waals surface area (Å²) in [5.41, 5.74) is 0.761. The van der Waals surface area contributed by atoms with Crippen molar-refractivity contribution in [3.8, 4) is 9.88 Å². The van der Waals surface area contributed by atoms with Crippen molar-refractivity contribution < 1.29 is 9.59 Å². The van der Waals surface area contributed by atoms with Crippen LogP contribution in [0, 0.1) is 6.92 Å². The number of nitrogens with one attached hydrogen (secondary N) is 2. The molecule has 2 aliphatic rings. The summed E-state index contributed by atoms with van der Waals surface area (Å²) in [7, 11) is 0.